The third kappa shape index (κ3) is 5.62. The first kappa shape index (κ1) is 18.4. The zero-order valence-corrected chi connectivity index (χ0v) is 14.4. The number of rotatable bonds is 9. The fourth-order valence-corrected chi connectivity index (χ4v) is 2.61. The molecule has 1 aliphatic heterocycles. The Balaban J connectivity index is 1.93. The Kier molecular flexibility index (Phi) is 7.21. The molecule has 0 saturated carbocycles. The summed E-state index contributed by atoms with van der Waals surface area (Å²) in [6.45, 7) is 2.69. The summed E-state index contributed by atoms with van der Waals surface area (Å²) in [7, 11) is 3.96. The summed E-state index contributed by atoms with van der Waals surface area (Å²) < 4.78 is 11.2. The van der Waals surface area contributed by atoms with Gasteiger partial charge in [0.2, 0.25) is 0 Å². The lowest BCUT2D eigenvalue weighted by atomic mass is 10.2. The third-order valence-electron chi connectivity index (χ3n) is 4.01. The summed E-state index contributed by atoms with van der Waals surface area (Å²) in [5, 5.41) is 0. The number of likely N-dealkylation sites (N-methyl/N-ethyl adjacent to an activating group) is 1. The first-order valence-electron chi connectivity index (χ1n) is 8.31. The van der Waals surface area contributed by atoms with Crippen LogP contribution in [0.4, 0.5) is 0 Å². The molecule has 1 saturated heterocycles. The van der Waals surface area contributed by atoms with Gasteiger partial charge >= 0.3 is 0 Å². The number of hydrogen-bond donors (Lipinski definition) is 0. The molecule has 2 rings (SSSR count). The van der Waals surface area contributed by atoms with E-state index in [1.807, 2.05) is 19.0 Å². The van der Waals surface area contributed by atoms with Gasteiger partial charge in [0.05, 0.1) is 11.7 Å². The second-order valence-corrected chi connectivity index (χ2v) is 6.22. The quantitative estimate of drug-likeness (QED) is 0.640. The molecule has 1 aliphatic rings. The minimum absolute atomic E-state index is 0.0784. The van der Waals surface area contributed by atoms with Crippen molar-refractivity contribution >= 4 is 12.2 Å². The second kappa shape index (κ2) is 9.39. The molecule has 1 fully saturated rings. The van der Waals surface area contributed by atoms with Crippen LogP contribution >= 0.6 is 0 Å². The Morgan fingerprint density at radius 1 is 1.33 bits per heavy atom. The van der Waals surface area contributed by atoms with E-state index in [9.17, 15) is 9.59 Å². The number of amides is 1. The van der Waals surface area contributed by atoms with Gasteiger partial charge in [0, 0.05) is 26.2 Å². The highest BCUT2D eigenvalue weighted by molar-refractivity contribution is 5.80. The molecular weight excluding hydrogens is 308 g/mol. The van der Waals surface area contributed by atoms with Gasteiger partial charge in [-0.05, 0) is 39.1 Å². The average molecular weight is 334 g/mol. The monoisotopic (exact) mass is 334 g/mol. The Hall–Kier alpha value is -1.92. The highest BCUT2D eigenvalue weighted by Gasteiger charge is 2.23. The van der Waals surface area contributed by atoms with Crippen LogP contribution in [-0.4, -0.2) is 75.0 Å². The number of nitrogens with zero attached hydrogens (tertiary/aromatic N) is 2. The van der Waals surface area contributed by atoms with Crippen molar-refractivity contribution < 1.29 is 19.1 Å². The molecule has 24 heavy (non-hydrogen) atoms. The fraction of sp³-hybridized carbons (Fsp3) is 0.556. The summed E-state index contributed by atoms with van der Waals surface area (Å²) in [5.74, 6) is 0.346. The first-order valence-corrected chi connectivity index (χ1v) is 8.31. The summed E-state index contributed by atoms with van der Waals surface area (Å²) in [6.07, 6.45) is 2.87. The summed E-state index contributed by atoms with van der Waals surface area (Å²) in [4.78, 5) is 27.4. The van der Waals surface area contributed by atoms with Crippen molar-refractivity contribution in [2.24, 2.45) is 0 Å². The van der Waals surface area contributed by atoms with Crippen molar-refractivity contribution in [1.82, 2.24) is 9.80 Å². The minimum atomic E-state index is -0.0898. The number of hydrogen-bond acceptors (Lipinski definition) is 5. The van der Waals surface area contributed by atoms with Gasteiger partial charge in [0.15, 0.2) is 12.9 Å². The van der Waals surface area contributed by atoms with Gasteiger partial charge in [-0.3, -0.25) is 9.59 Å². The predicted octanol–water partition coefficient (Wildman–Crippen LogP) is 1.45. The highest BCUT2D eigenvalue weighted by Crippen LogP contribution is 2.16. The molecule has 1 heterocycles. The normalized spacial score (nSPS) is 17.0. The molecule has 0 spiro atoms. The minimum Gasteiger partial charge on any atom is -0.483 e. The van der Waals surface area contributed by atoms with Crippen molar-refractivity contribution in [1.29, 1.82) is 0 Å². The maximum atomic E-state index is 12.6. The van der Waals surface area contributed by atoms with Crippen molar-refractivity contribution in [3.63, 3.8) is 0 Å². The number of para-hydroxylation sites is 1. The lowest BCUT2D eigenvalue weighted by Gasteiger charge is -2.27. The highest BCUT2D eigenvalue weighted by atomic mass is 16.5. The van der Waals surface area contributed by atoms with Crippen LogP contribution < -0.4 is 4.74 Å². The number of carbonyl (C=O) groups excluding carboxylic acids is 2. The third-order valence-corrected chi connectivity index (χ3v) is 4.01. The van der Waals surface area contributed by atoms with Crippen LogP contribution in [0, 0.1) is 0 Å². The van der Waals surface area contributed by atoms with E-state index < -0.39 is 0 Å². The smallest absolute Gasteiger partial charge is 0.260 e. The molecule has 1 atom stereocenters. The fourth-order valence-electron chi connectivity index (χ4n) is 2.61. The van der Waals surface area contributed by atoms with Gasteiger partial charge in [0.1, 0.15) is 5.75 Å². The Morgan fingerprint density at radius 2 is 2.12 bits per heavy atom. The molecule has 0 radical (unpaired) electrons. The van der Waals surface area contributed by atoms with Gasteiger partial charge < -0.3 is 19.3 Å². The van der Waals surface area contributed by atoms with Crippen LogP contribution in [0.5, 0.6) is 5.75 Å². The van der Waals surface area contributed by atoms with Crippen LogP contribution in [0.2, 0.25) is 0 Å². The molecule has 0 bridgehead atoms. The number of benzene rings is 1. The number of aldehydes is 1. The van der Waals surface area contributed by atoms with E-state index in [1.165, 1.54) is 0 Å². The van der Waals surface area contributed by atoms with E-state index in [1.54, 1.807) is 29.2 Å². The standard InChI is InChI=1S/C18H26N2O4/c1-19(2)9-10-20(12-16-7-5-11-23-16)18(22)14-24-17-8-4-3-6-15(17)13-21/h3-4,6,8,13,16H,5,7,9-12,14H2,1-2H3. The molecule has 1 amide bonds. The summed E-state index contributed by atoms with van der Waals surface area (Å²) in [6, 6.07) is 6.91. The average Bonchev–Trinajstić information content (AvgIpc) is 3.09. The Labute approximate surface area is 143 Å². The number of ether oxygens (including phenoxy) is 2. The van der Waals surface area contributed by atoms with Gasteiger partial charge in [0.25, 0.3) is 5.91 Å². The van der Waals surface area contributed by atoms with Crippen molar-refractivity contribution in [2.75, 3.05) is 46.9 Å². The van der Waals surface area contributed by atoms with E-state index in [0.29, 0.717) is 24.4 Å². The first-order chi connectivity index (χ1) is 11.6. The molecule has 0 N–H and O–H groups in total. The van der Waals surface area contributed by atoms with E-state index in [-0.39, 0.29) is 18.6 Å². The van der Waals surface area contributed by atoms with E-state index in [0.717, 1.165) is 32.3 Å². The van der Waals surface area contributed by atoms with E-state index in [4.69, 9.17) is 9.47 Å². The molecule has 1 unspecified atom stereocenters. The van der Waals surface area contributed by atoms with Gasteiger partial charge in [-0.2, -0.15) is 0 Å². The molecule has 1 aromatic carbocycles. The maximum Gasteiger partial charge on any atom is 0.260 e. The van der Waals surface area contributed by atoms with Crippen LogP contribution in [-0.2, 0) is 9.53 Å². The molecule has 6 nitrogen and oxygen atoms in total. The second-order valence-electron chi connectivity index (χ2n) is 6.22. The van der Waals surface area contributed by atoms with Gasteiger partial charge in [-0.1, -0.05) is 12.1 Å². The van der Waals surface area contributed by atoms with Crippen molar-refractivity contribution in [3.05, 3.63) is 29.8 Å². The molecule has 6 heteroatoms. The lowest BCUT2D eigenvalue weighted by Crippen LogP contribution is -2.43. The molecule has 1 aromatic rings. The maximum absolute atomic E-state index is 12.6. The molecule has 132 valence electrons. The van der Waals surface area contributed by atoms with E-state index in [2.05, 4.69) is 0 Å². The van der Waals surface area contributed by atoms with Gasteiger partial charge in [-0.25, -0.2) is 0 Å². The van der Waals surface area contributed by atoms with Crippen LogP contribution in [0.1, 0.15) is 23.2 Å². The topological polar surface area (TPSA) is 59.1 Å². The summed E-state index contributed by atoms with van der Waals surface area (Å²) >= 11 is 0. The Bertz CT molecular complexity index is 542. The van der Waals surface area contributed by atoms with Gasteiger partial charge in [-0.15, -0.1) is 0 Å². The predicted molar refractivity (Wildman–Crippen MR) is 91.4 cm³/mol. The van der Waals surface area contributed by atoms with Crippen LogP contribution in [0.3, 0.4) is 0 Å². The van der Waals surface area contributed by atoms with Crippen molar-refractivity contribution in [2.45, 2.75) is 18.9 Å². The molecular formula is C18H26N2O4. The largest absolute Gasteiger partial charge is 0.483 e. The summed E-state index contributed by atoms with van der Waals surface area (Å²) in [5.41, 5.74) is 0.448. The Morgan fingerprint density at radius 3 is 2.79 bits per heavy atom. The molecule has 0 aromatic heterocycles. The SMILES string of the molecule is CN(C)CCN(CC1CCCO1)C(=O)COc1ccccc1C=O. The number of carbonyl (C=O) groups is 2. The lowest BCUT2D eigenvalue weighted by molar-refractivity contribution is -0.135. The zero-order chi connectivity index (χ0) is 17.4. The van der Waals surface area contributed by atoms with E-state index >= 15 is 0 Å². The van der Waals surface area contributed by atoms with Crippen molar-refractivity contribution in [3.8, 4) is 5.75 Å². The molecule has 0 aliphatic carbocycles. The zero-order valence-electron chi connectivity index (χ0n) is 14.4. The van der Waals surface area contributed by atoms with Crippen LogP contribution in [0.25, 0.3) is 0 Å². The van der Waals surface area contributed by atoms with Crippen LogP contribution in [0.15, 0.2) is 24.3 Å².